The van der Waals surface area contributed by atoms with E-state index in [0.29, 0.717) is 5.89 Å². The largest absolute Gasteiger partial charge is 0.444 e. The molecule has 3 aromatic rings. The molecule has 0 saturated carbocycles. The number of oxazole rings is 1. The summed E-state index contributed by atoms with van der Waals surface area (Å²) >= 11 is 1.57. The molecule has 0 bridgehead atoms. The molecule has 0 radical (unpaired) electrons. The standard InChI is InChI=1S/C14H11N3O2S/c1-8-6-11(14-16-4-5-19-14)20-12(8)9-2-3-10(13(15)18)17-7-9/h2-7H,1H3,(H2,15,18). The van der Waals surface area contributed by atoms with Crippen molar-refractivity contribution in [1.82, 2.24) is 9.97 Å². The number of primary amides is 1. The number of nitrogens with two attached hydrogens (primary N) is 1. The van der Waals surface area contributed by atoms with E-state index in [0.717, 1.165) is 20.9 Å². The molecule has 3 heterocycles. The number of pyridine rings is 1. The highest BCUT2D eigenvalue weighted by Crippen LogP contribution is 2.36. The van der Waals surface area contributed by atoms with Crippen molar-refractivity contribution in [3.63, 3.8) is 0 Å². The number of carbonyl (C=O) groups excluding carboxylic acids is 1. The third kappa shape index (κ3) is 2.21. The van der Waals surface area contributed by atoms with E-state index in [-0.39, 0.29) is 5.69 Å². The van der Waals surface area contributed by atoms with Crippen LogP contribution in [0.15, 0.2) is 41.3 Å². The minimum atomic E-state index is -0.528. The summed E-state index contributed by atoms with van der Waals surface area (Å²) in [6.07, 6.45) is 4.82. The summed E-state index contributed by atoms with van der Waals surface area (Å²) in [5, 5.41) is 0. The van der Waals surface area contributed by atoms with Crippen molar-refractivity contribution >= 4 is 17.2 Å². The summed E-state index contributed by atoms with van der Waals surface area (Å²) in [6, 6.07) is 5.49. The zero-order valence-corrected chi connectivity index (χ0v) is 11.5. The van der Waals surface area contributed by atoms with Crippen LogP contribution in [0.1, 0.15) is 16.1 Å². The van der Waals surface area contributed by atoms with E-state index in [1.165, 1.54) is 0 Å². The van der Waals surface area contributed by atoms with Gasteiger partial charge in [-0.25, -0.2) is 4.98 Å². The van der Waals surface area contributed by atoms with Crippen LogP contribution < -0.4 is 5.73 Å². The Morgan fingerprint density at radius 3 is 2.80 bits per heavy atom. The quantitative estimate of drug-likeness (QED) is 0.802. The maximum Gasteiger partial charge on any atom is 0.267 e. The second-order valence-electron chi connectivity index (χ2n) is 4.26. The lowest BCUT2D eigenvalue weighted by Gasteiger charge is -2.00. The number of hydrogen-bond donors (Lipinski definition) is 1. The molecule has 2 N–H and O–H groups in total. The van der Waals surface area contributed by atoms with Crippen LogP contribution >= 0.6 is 11.3 Å². The van der Waals surface area contributed by atoms with E-state index < -0.39 is 5.91 Å². The number of aromatic nitrogens is 2. The Hall–Kier alpha value is -2.47. The zero-order chi connectivity index (χ0) is 14.1. The van der Waals surface area contributed by atoms with Crippen LogP contribution in [0, 0.1) is 6.92 Å². The Kier molecular flexibility index (Phi) is 3.08. The van der Waals surface area contributed by atoms with Gasteiger partial charge in [-0.3, -0.25) is 9.78 Å². The SMILES string of the molecule is Cc1cc(-c2ncco2)sc1-c1ccc(C(N)=O)nc1. The maximum absolute atomic E-state index is 11.0. The molecule has 3 aromatic heterocycles. The van der Waals surface area contributed by atoms with Gasteiger partial charge in [-0.1, -0.05) is 0 Å². The first-order chi connectivity index (χ1) is 9.65. The average Bonchev–Trinajstić information content (AvgIpc) is 3.08. The van der Waals surface area contributed by atoms with Gasteiger partial charge in [0.25, 0.3) is 5.91 Å². The molecule has 0 aromatic carbocycles. The van der Waals surface area contributed by atoms with Crippen LogP contribution in [0.2, 0.25) is 0 Å². The van der Waals surface area contributed by atoms with Gasteiger partial charge in [0, 0.05) is 16.6 Å². The highest BCUT2D eigenvalue weighted by molar-refractivity contribution is 7.19. The van der Waals surface area contributed by atoms with Crippen LogP contribution in [0.3, 0.4) is 0 Å². The monoisotopic (exact) mass is 285 g/mol. The minimum Gasteiger partial charge on any atom is -0.444 e. The molecule has 1 amide bonds. The van der Waals surface area contributed by atoms with Crippen LogP contribution in [0.25, 0.3) is 21.2 Å². The minimum absolute atomic E-state index is 0.260. The molecular weight excluding hydrogens is 274 g/mol. The van der Waals surface area contributed by atoms with Crippen LogP contribution in [-0.2, 0) is 0 Å². The van der Waals surface area contributed by atoms with Gasteiger partial charge in [0.15, 0.2) is 0 Å². The van der Waals surface area contributed by atoms with Crippen LogP contribution in [0.5, 0.6) is 0 Å². The fraction of sp³-hybridized carbons (Fsp3) is 0.0714. The maximum atomic E-state index is 11.0. The van der Waals surface area contributed by atoms with Crippen LogP contribution in [-0.4, -0.2) is 15.9 Å². The van der Waals surface area contributed by atoms with Gasteiger partial charge >= 0.3 is 0 Å². The molecular formula is C14H11N3O2S. The smallest absolute Gasteiger partial charge is 0.267 e. The van der Waals surface area contributed by atoms with Gasteiger partial charge in [-0.15, -0.1) is 11.3 Å². The third-order valence-corrected chi connectivity index (χ3v) is 4.11. The number of hydrogen-bond acceptors (Lipinski definition) is 5. The normalized spacial score (nSPS) is 10.7. The molecule has 0 saturated heterocycles. The summed E-state index contributed by atoms with van der Waals surface area (Å²) in [7, 11) is 0. The Morgan fingerprint density at radius 2 is 2.20 bits per heavy atom. The van der Waals surface area contributed by atoms with Gasteiger partial charge < -0.3 is 10.2 Å². The van der Waals surface area contributed by atoms with Crippen molar-refractivity contribution in [3.8, 4) is 21.2 Å². The molecule has 0 atom stereocenters. The summed E-state index contributed by atoms with van der Waals surface area (Å²) in [5.74, 6) is 0.0750. The lowest BCUT2D eigenvalue weighted by molar-refractivity contribution is 0.0995. The Balaban J connectivity index is 2.00. The topological polar surface area (TPSA) is 82.0 Å². The second-order valence-corrected chi connectivity index (χ2v) is 5.31. The zero-order valence-electron chi connectivity index (χ0n) is 10.7. The molecule has 0 aliphatic heterocycles. The summed E-state index contributed by atoms with van der Waals surface area (Å²) in [4.78, 5) is 21.2. The first-order valence-corrected chi connectivity index (χ1v) is 6.73. The molecule has 0 aliphatic rings. The molecule has 0 spiro atoms. The second kappa shape index (κ2) is 4.90. The number of rotatable bonds is 3. The Morgan fingerprint density at radius 1 is 1.35 bits per heavy atom. The van der Waals surface area contributed by atoms with Gasteiger partial charge in [0.2, 0.25) is 5.89 Å². The first-order valence-electron chi connectivity index (χ1n) is 5.91. The van der Waals surface area contributed by atoms with Crippen molar-refractivity contribution in [2.75, 3.05) is 0 Å². The first kappa shape index (κ1) is 12.6. The van der Waals surface area contributed by atoms with Crippen molar-refractivity contribution in [2.24, 2.45) is 5.73 Å². The van der Waals surface area contributed by atoms with Gasteiger partial charge in [0.05, 0.1) is 11.1 Å². The van der Waals surface area contributed by atoms with Crippen LogP contribution in [0.4, 0.5) is 0 Å². The summed E-state index contributed by atoms with van der Waals surface area (Å²) in [5.41, 5.74) is 7.49. The molecule has 0 aliphatic carbocycles. The number of nitrogens with zero attached hydrogens (tertiary/aromatic N) is 2. The summed E-state index contributed by atoms with van der Waals surface area (Å²) < 4.78 is 5.30. The Labute approximate surface area is 119 Å². The molecule has 100 valence electrons. The highest BCUT2D eigenvalue weighted by Gasteiger charge is 2.13. The van der Waals surface area contributed by atoms with Crippen molar-refractivity contribution in [2.45, 2.75) is 6.92 Å². The molecule has 5 nitrogen and oxygen atoms in total. The van der Waals surface area contributed by atoms with E-state index in [9.17, 15) is 4.79 Å². The lowest BCUT2D eigenvalue weighted by atomic mass is 10.1. The fourth-order valence-corrected chi connectivity index (χ4v) is 3.00. The fourth-order valence-electron chi connectivity index (χ4n) is 1.89. The van der Waals surface area contributed by atoms with Gasteiger partial charge in [-0.2, -0.15) is 0 Å². The van der Waals surface area contributed by atoms with E-state index in [1.807, 2.05) is 19.1 Å². The molecule has 0 fully saturated rings. The molecule has 3 rings (SSSR count). The number of carbonyl (C=O) groups is 1. The lowest BCUT2D eigenvalue weighted by Crippen LogP contribution is -2.12. The number of aryl methyl sites for hydroxylation is 1. The average molecular weight is 285 g/mol. The van der Waals surface area contributed by atoms with E-state index in [4.69, 9.17) is 10.2 Å². The molecule has 0 unspecified atom stereocenters. The van der Waals surface area contributed by atoms with Crippen molar-refractivity contribution < 1.29 is 9.21 Å². The number of thiophene rings is 1. The van der Waals surface area contributed by atoms with Gasteiger partial charge in [-0.05, 0) is 30.7 Å². The van der Waals surface area contributed by atoms with Crippen molar-refractivity contribution in [3.05, 3.63) is 48.1 Å². The third-order valence-electron chi connectivity index (χ3n) is 2.84. The summed E-state index contributed by atoms with van der Waals surface area (Å²) in [6.45, 7) is 2.01. The highest BCUT2D eigenvalue weighted by atomic mass is 32.1. The Bertz CT molecular complexity index is 745. The van der Waals surface area contributed by atoms with E-state index in [2.05, 4.69) is 9.97 Å². The van der Waals surface area contributed by atoms with E-state index in [1.54, 1.807) is 36.1 Å². The van der Waals surface area contributed by atoms with E-state index >= 15 is 0 Å². The predicted molar refractivity (Wildman–Crippen MR) is 76.3 cm³/mol. The molecule has 6 heteroatoms. The predicted octanol–water partition coefficient (Wildman–Crippen LogP) is 2.87. The molecule has 20 heavy (non-hydrogen) atoms. The number of amides is 1. The van der Waals surface area contributed by atoms with Gasteiger partial charge in [0.1, 0.15) is 12.0 Å². The van der Waals surface area contributed by atoms with Crippen molar-refractivity contribution in [1.29, 1.82) is 0 Å².